The molecule has 5 rings (SSSR count). The topological polar surface area (TPSA) is 167 Å². The van der Waals surface area contributed by atoms with Crippen LogP contribution in [0.15, 0.2) is 77.8 Å². The molecule has 1 fully saturated rings. The molecule has 1 aromatic heterocycles. The number of aromatic amines is 1. The Balaban J connectivity index is 0.00000405. The van der Waals surface area contributed by atoms with Gasteiger partial charge >= 0.3 is 0 Å². The first-order chi connectivity index (χ1) is 19.5. The van der Waals surface area contributed by atoms with Crippen LogP contribution in [0.5, 0.6) is 5.75 Å². The van der Waals surface area contributed by atoms with E-state index in [-0.39, 0.29) is 35.5 Å². The molecule has 1 saturated heterocycles. The zero-order chi connectivity index (χ0) is 29.2. The fourth-order valence-corrected chi connectivity index (χ4v) is 6.15. The number of halogens is 1. The van der Waals surface area contributed by atoms with E-state index < -0.39 is 20.0 Å². The smallest absolute Gasteiger partial charge is 0.261 e. The summed E-state index contributed by atoms with van der Waals surface area (Å²) in [5, 5.41) is 0.848. The van der Waals surface area contributed by atoms with Crippen molar-refractivity contribution in [1.82, 2.24) is 9.88 Å². The first-order valence-electron chi connectivity index (χ1n) is 12.7. The van der Waals surface area contributed by atoms with E-state index in [4.69, 9.17) is 10.5 Å². The molecule has 2 heterocycles. The van der Waals surface area contributed by atoms with Crippen molar-refractivity contribution in [2.24, 2.45) is 0 Å². The maximum absolute atomic E-state index is 12.8. The predicted molar refractivity (Wildman–Crippen MR) is 166 cm³/mol. The molecule has 0 spiro atoms. The van der Waals surface area contributed by atoms with E-state index in [1.54, 1.807) is 29.3 Å². The van der Waals surface area contributed by atoms with Crippen molar-refractivity contribution < 1.29 is 26.4 Å². The second-order valence-corrected chi connectivity index (χ2v) is 13.1. The molecule has 42 heavy (non-hydrogen) atoms. The van der Waals surface area contributed by atoms with E-state index in [9.17, 15) is 21.6 Å². The van der Waals surface area contributed by atoms with Crippen LogP contribution in [-0.4, -0.2) is 71.7 Å². The molecule has 1 amide bonds. The van der Waals surface area contributed by atoms with Gasteiger partial charge in [0.25, 0.3) is 15.9 Å². The lowest BCUT2D eigenvalue weighted by atomic mass is 10.2. The number of amides is 1. The minimum Gasteiger partial charge on any atom is -0.484 e. The molecule has 4 aromatic rings. The Morgan fingerprint density at radius 1 is 0.905 bits per heavy atom. The molecule has 224 valence electrons. The van der Waals surface area contributed by atoms with Gasteiger partial charge in [-0.05, 0) is 66.7 Å². The Morgan fingerprint density at radius 3 is 2.17 bits per heavy atom. The molecule has 5 N–H and O–H groups in total. The number of rotatable bonds is 9. The highest BCUT2D eigenvalue weighted by Crippen LogP contribution is 2.26. The van der Waals surface area contributed by atoms with Crippen LogP contribution in [-0.2, 0) is 24.8 Å². The van der Waals surface area contributed by atoms with E-state index in [1.165, 1.54) is 24.3 Å². The van der Waals surface area contributed by atoms with Gasteiger partial charge in [-0.15, -0.1) is 12.4 Å². The summed E-state index contributed by atoms with van der Waals surface area (Å²) in [5.74, 6) is 0.476. The summed E-state index contributed by atoms with van der Waals surface area (Å²) in [7, 11) is -7.33. The molecule has 0 atom stereocenters. The standard InChI is InChI=1S/C27H30N6O6S2.ClH/c1-40(35,36)30-19-4-9-23(10-5-19)41(37,38)31-20-2-6-21(7-3-20)32-12-14-33(15-13-32)27(34)18-39-22-8-11-26-24(16-22)25(28)17-29-26;/h2-11,16-17,29-31H,12-15,18,28H2,1H3;1H. The number of aromatic nitrogens is 1. The highest BCUT2D eigenvalue weighted by Gasteiger charge is 2.22. The van der Waals surface area contributed by atoms with Crippen molar-refractivity contribution >= 4 is 72.0 Å². The number of nitrogens with zero attached hydrogens (tertiary/aromatic N) is 2. The average Bonchev–Trinajstić information content (AvgIpc) is 3.31. The van der Waals surface area contributed by atoms with Crippen molar-refractivity contribution in [1.29, 1.82) is 0 Å². The van der Waals surface area contributed by atoms with Crippen molar-refractivity contribution in [2.45, 2.75) is 4.90 Å². The third-order valence-electron chi connectivity index (χ3n) is 6.63. The minimum atomic E-state index is -3.87. The number of carbonyl (C=O) groups excluding carboxylic acids is 1. The van der Waals surface area contributed by atoms with Crippen LogP contribution in [0.4, 0.5) is 22.7 Å². The molecule has 12 nitrogen and oxygen atoms in total. The first-order valence-corrected chi connectivity index (χ1v) is 16.1. The van der Waals surface area contributed by atoms with Crippen molar-refractivity contribution in [3.63, 3.8) is 0 Å². The number of sulfonamides is 2. The summed E-state index contributed by atoms with van der Waals surface area (Å²) >= 11 is 0. The summed E-state index contributed by atoms with van der Waals surface area (Å²) in [4.78, 5) is 19.7. The number of anilines is 4. The normalized spacial score (nSPS) is 13.8. The molecule has 0 unspecified atom stereocenters. The van der Waals surface area contributed by atoms with Gasteiger partial charge in [0.15, 0.2) is 6.61 Å². The first kappa shape index (κ1) is 30.8. The van der Waals surface area contributed by atoms with Crippen molar-refractivity contribution in [3.05, 3.63) is 72.9 Å². The number of hydrogen-bond donors (Lipinski definition) is 4. The van der Waals surface area contributed by atoms with Gasteiger partial charge in [0, 0.05) is 60.3 Å². The number of nitrogen functional groups attached to an aromatic ring is 1. The number of benzene rings is 3. The zero-order valence-corrected chi connectivity index (χ0v) is 25.1. The SMILES string of the molecule is CS(=O)(=O)Nc1ccc(S(=O)(=O)Nc2ccc(N3CCN(C(=O)COc4ccc5[nH]cc(N)c5c4)CC3)cc2)cc1.Cl. The lowest BCUT2D eigenvalue weighted by Crippen LogP contribution is -2.50. The van der Waals surface area contributed by atoms with Gasteiger partial charge in [-0.25, -0.2) is 16.8 Å². The third-order valence-corrected chi connectivity index (χ3v) is 8.64. The summed E-state index contributed by atoms with van der Waals surface area (Å²) in [5.41, 5.74) is 9.03. The van der Waals surface area contributed by atoms with Crippen LogP contribution in [0.25, 0.3) is 10.9 Å². The number of nitrogens with one attached hydrogen (secondary N) is 3. The minimum absolute atomic E-state index is 0. The van der Waals surface area contributed by atoms with Gasteiger partial charge in [-0.3, -0.25) is 14.2 Å². The summed E-state index contributed by atoms with van der Waals surface area (Å²) < 4.78 is 58.8. The molecule has 15 heteroatoms. The van der Waals surface area contributed by atoms with Gasteiger partial charge in [-0.2, -0.15) is 0 Å². The van der Waals surface area contributed by atoms with E-state index in [0.717, 1.165) is 22.8 Å². The third kappa shape index (κ3) is 7.38. The van der Waals surface area contributed by atoms with E-state index in [0.29, 0.717) is 43.3 Å². The highest BCUT2D eigenvalue weighted by atomic mass is 35.5. The Bertz CT molecular complexity index is 1770. The van der Waals surface area contributed by atoms with E-state index in [2.05, 4.69) is 19.3 Å². The van der Waals surface area contributed by atoms with Gasteiger partial charge in [-0.1, -0.05) is 0 Å². The summed E-state index contributed by atoms with van der Waals surface area (Å²) in [6.45, 7) is 2.24. The number of nitrogens with two attached hydrogens (primary N) is 1. The molecule has 0 saturated carbocycles. The maximum atomic E-state index is 12.8. The Kier molecular flexibility index (Phi) is 9.09. The highest BCUT2D eigenvalue weighted by molar-refractivity contribution is 7.92. The summed E-state index contributed by atoms with van der Waals surface area (Å²) in [6.07, 6.45) is 2.73. The molecule has 3 aromatic carbocycles. The monoisotopic (exact) mass is 634 g/mol. The maximum Gasteiger partial charge on any atom is 0.261 e. The van der Waals surface area contributed by atoms with Crippen LogP contribution in [0.3, 0.4) is 0 Å². The molecule has 0 bridgehead atoms. The lowest BCUT2D eigenvalue weighted by Gasteiger charge is -2.36. The van der Waals surface area contributed by atoms with Crippen LogP contribution in [0.2, 0.25) is 0 Å². The predicted octanol–water partition coefficient (Wildman–Crippen LogP) is 3.07. The van der Waals surface area contributed by atoms with E-state index >= 15 is 0 Å². The van der Waals surface area contributed by atoms with Crippen molar-refractivity contribution in [2.75, 3.05) is 59.1 Å². The summed E-state index contributed by atoms with van der Waals surface area (Å²) in [6, 6.07) is 17.9. The number of carbonyl (C=O) groups is 1. The fraction of sp³-hybridized carbons (Fsp3) is 0.222. The zero-order valence-electron chi connectivity index (χ0n) is 22.6. The number of hydrogen-bond acceptors (Lipinski definition) is 8. The lowest BCUT2D eigenvalue weighted by molar-refractivity contribution is -0.133. The number of piperazine rings is 1. The molecular formula is C27H31ClN6O6S2. The van der Waals surface area contributed by atoms with Gasteiger partial charge < -0.3 is 25.3 Å². The largest absolute Gasteiger partial charge is 0.484 e. The second kappa shape index (κ2) is 12.4. The van der Waals surface area contributed by atoms with Crippen molar-refractivity contribution in [3.8, 4) is 5.75 Å². The molecular weight excluding hydrogens is 604 g/mol. The van der Waals surface area contributed by atoms with Gasteiger partial charge in [0.1, 0.15) is 5.75 Å². The number of fused-ring (bicyclic) bond motifs is 1. The molecule has 1 aliphatic rings. The quantitative estimate of drug-likeness (QED) is 0.218. The van der Waals surface area contributed by atoms with Gasteiger partial charge in [0.05, 0.1) is 16.8 Å². The number of ether oxygens (including phenoxy) is 1. The van der Waals surface area contributed by atoms with Crippen LogP contribution >= 0.6 is 12.4 Å². The number of H-pyrrole nitrogens is 1. The molecule has 0 radical (unpaired) electrons. The molecule has 1 aliphatic heterocycles. The fourth-order valence-electron chi connectivity index (χ4n) is 4.53. The van der Waals surface area contributed by atoms with Gasteiger partial charge in [0.2, 0.25) is 10.0 Å². The van der Waals surface area contributed by atoms with E-state index in [1.807, 2.05) is 24.3 Å². The van der Waals surface area contributed by atoms with Crippen LogP contribution in [0, 0.1) is 0 Å². The molecule has 0 aliphatic carbocycles. The van der Waals surface area contributed by atoms with Crippen LogP contribution in [0.1, 0.15) is 0 Å². The second-order valence-electron chi connectivity index (χ2n) is 9.66. The Labute approximate surface area is 250 Å². The Morgan fingerprint density at radius 2 is 1.52 bits per heavy atom. The van der Waals surface area contributed by atoms with Crippen LogP contribution < -0.4 is 24.8 Å². The average molecular weight is 635 g/mol. The Hall–Kier alpha value is -4.14.